The van der Waals surface area contributed by atoms with E-state index in [-0.39, 0.29) is 55.2 Å². The summed E-state index contributed by atoms with van der Waals surface area (Å²) in [4.78, 5) is 1.80. The lowest BCUT2D eigenvalue weighted by atomic mass is 9.95. The smallest absolute Gasteiger partial charge is 0.378 e. The Balaban J connectivity index is 1.65. The Hall–Kier alpha value is -1.75. The molecule has 0 bridgehead atoms. The highest BCUT2D eigenvalue weighted by molar-refractivity contribution is 7.91. The third-order valence-electron chi connectivity index (χ3n) is 6.69. The highest BCUT2D eigenvalue weighted by Crippen LogP contribution is 2.39. The molecule has 2 atom stereocenters. The fraction of sp³-hybridized carbons (Fsp3) is 0.545. The van der Waals surface area contributed by atoms with Crippen LogP contribution in [0.5, 0.6) is 0 Å². The van der Waals surface area contributed by atoms with Crippen LogP contribution in [-0.2, 0) is 30.4 Å². The largest absolute Gasteiger partial charge is 0.421 e. The third-order valence-corrected chi connectivity index (χ3v) is 11.2. The number of hydrogen-bond donors (Lipinski definition) is 1. The molecule has 0 amide bonds. The summed E-state index contributed by atoms with van der Waals surface area (Å²) < 4.78 is 99.4. The van der Waals surface area contributed by atoms with Gasteiger partial charge in [0.05, 0.1) is 31.6 Å². The quantitative estimate of drug-likeness (QED) is 0.507. The molecular formula is C22H28F3N3O6S3. The van der Waals surface area contributed by atoms with Crippen LogP contribution in [-0.4, -0.2) is 94.5 Å². The fourth-order valence-corrected chi connectivity index (χ4v) is 8.09. The first-order valence-corrected chi connectivity index (χ1v) is 15.5. The van der Waals surface area contributed by atoms with Crippen LogP contribution < -0.4 is 4.90 Å². The molecule has 2 aromatic rings. The summed E-state index contributed by atoms with van der Waals surface area (Å²) in [6, 6.07) is 7.29. The fourth-order valence-electron chi connectivity index (χ4n) is 4.37. The summed E-state index contributed by atoms with van der Waals surface area (Å²) in [5.74, 6) is 0. The number of benzene rings is 1. The molecule has 0 radical (unpaired) electrons. The lowest BCUT2D eigenvalue weighted by Crippen LogP contribution is -2.61. The molecule has 2 aliphatic heterocycles. The van der Waals surface area contributed by atoms with Gasteiger partial charge in [-0.05, 0) is 36.1 Å². The summed E-state index contributed by atoms with van der Waals surface area (Å²) in [5, 5.41) is 11.7. The van der Waals surface area contributed by atoms with Gasteiger partial charge in [0, 0.05) is 31.9 Å². The summed E-state index contributed by atoms with van der Waals surface area (Å²) >= 11 is 1.08. The number of aliphatic hydroxyl groups is 1. The molecule has 1 aromatic carbocycles. The molecular weight excluding hydrogens is 555 g/mol. The second-order valence-corrected chi connectivity index (χ2v) is 14.3. The molecule has 1 unspecified atom stereocenters. The predicted molar refractivity (Wildman–Crippen MR) is 132 cm³/mol. The van der Waals surface area contributed by atoms with Crippen molar-refractivity contribution in [3.8, 4) is 0 Å². The number of halogens is 3. The summed E-state index contributed by atoms with van der Waals surface area (Å²) in [6.45, 7) is 1.33. The molecule has 4 rings (SSSR count). The van der Waals surface area contributed by atoms with Crippen LogP contribution in [0.4, 0.5) is 18.9 Å². The predicted octanol–water partition coefficient (Wildman–Crippen LogP) is 2.06. The van der Waals surface area contributed by atoms with E-state index in [1.807, 2.05) is 0 Å². The average Bonchev–Trinajstić information content (AvgIpc) is 3.32. The standard InChI is InChI=1S/C22H28F3N3O6S3/c1-21(29,22(23,24)25)16-5-7-17(8-6-16)27-10-9-26(37(32,33)20-4-3-11-35-20)12-18(27)13-28(36(2,30)31)19-14-34-15-19/h3-8,11,18-19,29H,9-10,12-15H2,1-2H3/t18-,21?/m1/s1. The van der Waals surface area contributed by atoms with Crippen molar-refractivity contribution in [3.63, 3.8) is 0 Å². The molecule has 2 aliphatic rings. The number of rotatable bonds is 8. The van der Waals surface area contributed by atoms with Crippen LogP contribution in [0.1, 0.15) is 12.5 Å². The Kier molecular flexibility index (Phi) is 7.71. The Bertz CT molecular complexity index is 1300. The van der Waals surface area contributed by atoms with E-state index in [4.69, 9.17) is 4.74 Å². The highest BCUT2D eigenvalue weighted by atomic mass is 32.2. The number of nitrogens with zero attached hydrogens (tertiary/aromatic N) is 3. The zero-order valence-corrected chi connectivity index (χ0v) is 22.6. The molecule has 15 heteroatoms. The van der Waals surface area contributed by atoms with E-state index in [9.17, 15) is 35.1 Å². The van der Waals surface area contributed by atoms with Gasteiger partial charge >= 0.3 is 6.18 Å². The van der Waals surface area contributed by atoms with E-state index in [1.54, 1.807) is 16.3 Å². The molecule has 37 heavy (non-hydrogen) atoms. The lowest BCUT2D eigenvalue weighted by molar-refractivity contribution is -0.258. The second kappa shape index (κ2) is 10.1. The van der Waals surface area contributed by atoms with E-state index in [0.717, 1.165) is 17.6 Å². The van der Waals surface area contributed by atoms with E-state index in [0.29, 0.717) is 12.6 Å². The summed E-state index contributed by atoms with van der Waals surface area (Å²) in [7, 11) is -7.47. The van der Waals surface area contributed by atoms with Crippen LogP contribution in [0, 0.1) is 0 Å². The SMILES string of the molecule is CC(O)(c1ccc(N2CCN(S(=O)(=O)c3cccs3)C[C@@H]2CN(C2COC2)S(C)(=O)=O)cc1)C(F)(F)F. The first kappa shape index (κ1) is 28.3. The molecule has 1 aromatic heterocycles. The van der Waals surface area contributed by atoms with Crippen molar-refractivity contribution >= 4 is 37.1 Å². The molecule has 0 saturated carbocycles. The van der Waals surface area contributed by atoms with E-state index in [1.165, 1.54) is 38.9 Å². The topological polar surface area (TPSA) is 107 Å². The van der Waals surface area contributed by atoms with Gasteiger partial charge in [0.2, 0.25) is 10.0 Å². The van der Waals surface area contributed by atoms with Crippen molar-refractivity contribution in [2.45, 2.75) is 35.0 Å². The van der Waals surface area contributed by atoms with E-state index >= 15 is 0 Å². The van der Waals surface area contributed by atoms with Gasteiger partial charge in [-0.3, -0.25) is 0 Å². The maximum absolute atomic E-state index is 13.3. The highest BCUT2D eigenvalue weighted by Gasteiger charge is 2.51. The maximum Gasteiger partial charge on any atom is 0.421 e. The monoisotopic (exact) mass is 583 g/mol. The van der Waals surface area contributed by atoms with Gasteiger partial charge < -0.3 is 14.7 Å². The Morgan fingerprint density at radius 2 is 1.76 bits per heavy atom. The Labute approximate surface area is 218 Å². The molecule has 1 N–H and O–H groups in total. The van der Waals surface area contributed by atoms with Crippen LogP contribution >= 0.6 is 11.3 Å². The van der Waals surface area contributed by atoms with Gasteiger partial charge in [0.1, 0.15) is 4.21 Å². The Morgan fingerprint density at radius 1 is 1.11 bits per heavy atom. The van der Waals surface area contributed by atoms with Gasteiger partial charge in [-0.2, -0.15) is 21.8 Å². The van der Waals surface area contributed by atoms with Gasteiger partial charge in [-0.25, -0.2) is 16.8 Å². The normalized spacial score (nSPS) is 22.1. The van der Waals surface area contributed by atoms with E-state index in [2.05, 4.69) is 0 Å². The summed E-state index contributed by atoms with van der Waals surface area (Å²) in [6.07, 6.45) is -3.80. The molecule has 2 fully saturated rings. The van der Waals surface area contributed by atoms with Crippen molar-refractivity contribution < 1.29 is 39.9 Å². The van der Waals surface area contributed by atoms with Crippen LogP contribution in [0.15, 0.2) is 46.0 Å². The molecule has 3 heterocycles. The first-order valence-electron chi connectivity index (χ1n) is 11.4. The van der Waals surface area contributed by atoms with Crippen molar-refractivity contribution in [2.75, 3.05) is 50.5 Å². The van der Waals surface area contributed by atoms with Crippen molar-refractivity contribution in [3.05, 3.63) is 47.3 Å². The number of hydrogen-bond acceptors (Lipinski definition) is 8. The van der Waals surface area contributed by atoms with Gasteiger partial charge in [0.15, 0.2) is 5.60 Å². The second-order valence-electron chi connectivity index (χ2n) is 9.28. The molecule has 9 nitrogen and oxygen atoms in total. The molecule has 0 spiro atoms. The Morgan fingerprint density at radius 3 is 2.24 bits per heavy atom. The van der Waals surface area contributed by atoms with Crippen molar-refractivity contribution in [1.82, 2.24) is 8.61 Å². The minimum atomic E-state index is -4.88. The number of thiophene rings is 1. The molecule has 0 aliphatic carbocycles. The van der Waals surface area contributed by atoms with Crippen molar-refractivity contribution in [1.29, 1.82) is 0 Å². The number of sulfonamides is 2. The van der Waals surface area contributed by atoms with Crippen molar-refractivity contribution in [2.24, 2.45) is 0 Å². The van der Waals surface area contributed by atoms with E-state index < -0.39 is 37.9 Å². The van der Waals surface area contributed by atoms with Gasteiger partial charge in [0.25, 0.3) is 10.0 Å². The number of anilines is 1. The molecule has 206 valence electrons. The number of piperazine rings is 1. The molecule has 2 saturated heterocycles. The van der Waals surface area contributed by atoms with Crippen LogP contribution in [0.3, 0.4) is 0 Å². The number of ether oxygens (including phenoxy) is 1. The summed E-state index contributed by atoms with van der Waals surface area (Å²) in [5.41, 5.74) is -2.91. The minimum absolute atomic E-state index is 0.0259. The maximum atomic E-state index is 13.3. The zero-order valence-electron chi connectivity index (χ0n) is 20.1. The van der Waals surface area contributed by atoms with Crippen LogP contribution in [0.2, 0.25) is 0 Å². The third kappa shape index (κ3) is 5.67. The first-order chi connectivity index (χ1) is 17.1. The van der Waals surface area contributed by atoms with Gasteiger partial charge in [-0.1, -0.05) is 18.2 Å². The average molecular weight is 584 g/mol. The van der Waals surface area contributed by atoms with Crippen LogP contribution in [0.25, 0.3) is 0 Å². The lowest BCUT2D eigenvalue weighted by Gasteiger charge is -2.45. The van der Waals surface area contributed by atoms with Gasteiger partial charge in [-0.15, -0.1) is 11.3 Å². The zero-order chi connectivity index (χ0) is 27.2. The minimum Gasteiger partial charge on any atom is -0.378 e. The number of alkyl halides is 3.